The van der Waals surface area contributed by atoms with Crippen LogP contribution in [0.1, 0.15) is 15.2 Å². The number of nitrogens with one attached hydrogen (secondary N) is 1. The van der Waals surface area contributed by atoms with Gasteiger partial charge in [0.05, 0.1) is 24.8 Å². The molecular formula is C19H16N2O4S. The van der Waals surface area contributed by atoms with Crippen molar-refractivity contribution >= 4 is 22.4 Å². The van der Waals surface area contributed by atoms with Crippen LogP contribution in [0.2, 0.25) is 0 Å². The Morgan fingerprint density at radius 3 is 2.58 bits per heavy atom. The number of carbonyl (C=O) groups excluding carboxylic acids is 1. The number of ether oxygens (including phenoxy) is 3. The minimum atomic E-state index is -0.334. The summed E-state index contributed by atoms with van der Waals surface area (Å²) >= 11 is 1.40. The van der Waals surface area contributed by atoms with Crippen molar-refractivity contribution in [3.63, 3.8) is 0 Å². The first-order chi connectivity index (χ1) is 12.7. The molecule has 2 heterocycles. The second-order valence-electron chi connectivity index (χ2n) is 5.57. The van der Waals surface area contributed by atoms with Gasteiger partial charge in [0, 0.05) is 5.56 Å². The van der Waals surface area contributed by atoms with Crippen molar-refractivity contribution in [1.82, 2.24) is 4.98 Å². The number of benzene rings is 2. The number of fused-ring (bicyclic) bond motifs is 3. The minimum Gasteiger partial charge on any atom is -0.496 e. The summed E-state index contributed by atoms with van der Waals surface area (Å²) in [5, 5.41) is 3.36. The first-order valence-corrected chi connectivity index (χ1v) is 8.77. The average molecular weight is 368 g/mol. The summed E-state index contributed by atoms with van der Waals surface area (Å²) in [5.41, 5.74) is 2.11. The van der Waals surface area contributed by atoms with Crippen LogP contribution >= 0.6 is 11.3 Å². The molecule has 0 unspecified atom stereocenters. The van der Waals surface area contributed by atoms with Gasteiger partial charge in [0.2, 0.25) is 0 Å². The maximum Gasteiger partial charge on any atom is 0.265 e. The monoisotopic (exact) mass is 368 g/mol. The van der Waals surface area contributed by atoms with Gasteiger partial charge in [-0.15, -0.1) is 0 Å². The molecule has 0 fully saturated rings. The van der Waals surface area contributed by atoms with E-state index in [1.165, 1.54) is 25.6 Å². The zero-order valence-corrected chi connectivity index (χ0v) is 15.1. The van der Waals surface area contributed by atoms with E-state index in [9.17, 15) is 4.79 Å². The summed E-state index contributed by atoms with van der Waals surface area (Å²) in [7, 11) is 3.03. The number of aromatic nitrogens is 1. The van der Waals surface area contributed by atoms with E-state index in [1.807, 2.05) is 24.3 Å². The standard InChI is InChI=1S/C19H16N2O4S/c1-23-13-8-5-9-14(24-2)16(13)18(22)21-19-20-17-11-6-3-4-7-12(11)25-10-15(17)26-19/h3-9H,10H2,1-2H3,(H,20,21,22). The van der Waals surface area contributed by atoms with Crippen LogP contribution in [-0.4, -0.2) is 25.1 Å². The Kier molecular flexibility index (Phi) is 4.22. The Morgan fingerprint density at radius 2 is 1.85 bits per heavy atom. The van der Waals surface area contributed by atoms with E-state index >= 15 is 0 Å². The van der Waals surface area contributed by atoms with Crippen molar-refractivity contribution in [2.24, 2.45) is 0 Å². The van der Waals surface area contributed by atoms with E-state index in [0.29, 0.717) is 28.8 Å². The Balaban J connectivity index is 1.66. The van der Waals surface area contributed by atoms with Crippen molar-refractivity contribution in [1.29, 1.82) is 0 Å². The Labute approximate surface area is 154 Å². The summed E-state index contributed by atoms with van der Waals surface area (Å²) in [6.45, 7) is 0.442. The highest BCUT2D eigenvalue weighted by Gasteiger charge is 2.24. The van der Waals surface area contributed by atoms with Crippen molar-refractivity contribution in [3.8, 4) is 28.5 Å². The Bertz CT molecular complexity index is 961. The quantitative estimate of drug-likeness (QED) is 0.754. The lowest BCUT2D eigenvalue weighted by Crippen LogP contribution is -2.14. The summed E-state index contributed by atoms with van der Waals surface area (Å²) < 4.78 is 16.3. The number of thiazole rings is 1. The van der Waals surface area contributed by atoms with E-state index in [2.05, 4.69) is 10.3 Å². The number of anilines is 1. The van der Waals surface area contributed by atoms with Gasteiger partial charge in [-0.3, -0.25) is 10.1 Å². The minimum absolute atomic E-state index is 0.334. The van der Waals surface area contributed by atoms with Crippen LogP contribution in [0.25, 0.3) is 11.3 Å². The SMILES string of the molecule is COc1cccc(OC)c1C(=O)Nc1nc2c(s1)COc1ccccc1-2. The molecule has 0 spiro atoms. The first-order valence-electron chi connectivity index (χ1n) is 7.95. The topological polar surface area (TPSA) is 69.7 Å². The van der Waals surface area contributed by atoms with E-state index < -0.39 is 0 Å². The van der Waals surface area contributed by atoms with Crippen LogP contribution in [-0.2, 0) is 6.61 Å². The van der Waals surface area contributed by atoms with Gasteiger partial charge >= 0.3 is 0 Å². The number of hydrogen-bond acceptors (Lipinski definition) is 6. The third-order valence-corrected chi connectivity index (χ3v) is 5.02. The zero-order chi connectivity index (χ0) is 18.1. The molecule has 2 aromatic carbocycles. The smallest absolute Gasteiger partial charge is 0.265 e. The number of methoxy groups -OCH3 is 2. The molecule has 1 N–H and O–H groups in total. The van der Waals surface area contributed by atoms with Crippen molar-refractivity contribution in [2.45, 2.75) is 6.61 Å². The molecule has 132 valence electrons. The van der Waals surface area contributed by atoms with Crippen LogP contribution in [0.5, 0.6) is 17.2 Å². The number of nitrogens with zero attached hydrogens (tertiary/aromatic N) is 1. The van der Waals surface area contributed by atoms with E-state index in [1.54, 1.807) is 18.2 Å². The molecule has 1 aromatic heterocycles. The molecular weight excluding hydrogens is 352 g/mol. The van der Waals surface area contributed by atoms with Crippen LogP contribution in [0.15, 0.2) is 42.5 Å². The molecule has 7 heteroatoms. The van der Waals surface area contributed by atoms with Crippen molar-refractivity contribution in [2.75, 3.05) is 19.5 Å². The predicted molar refractivity (Wildman–Crippen MR) is 99.4 cm³/mol. The van der Waals surface area contributed by atoms with Crippen LogP contribution in [0.3, 0.4) is 0 Å². The lowest BCUT2D eigenvalue weighted by molar-refractivity contribution is 0.102. The lowest BCUT2D eigenvalue weighted by Gasteiger charge is -2.15. The molecule has 0 saturated heterocycles. The van der Waals surface area contributed by atoms with Gasteiger partial charge in [0.15, 0.2) is 5.13 Å². The average Bonchev–Trinajstić information content (AvgIpc) is 3.10. The van der Waals surface area contributed by atoms with E-state index in [0.717, 1.165) is 21.9 Å². The maximum absolute atomic E-state index is 12.8. The van der Waals surface area contributed by atoms with Gasteiger partial charge in [-0.1, -0.05) is 29.5 Å². The Hall–Kier alpha value is -3.06. The van der Waals surface area contributed by atoms with E-state index in [4.69, 9.17) is 14.2 Å². The number of hydrogen-bond donors (Lipinski definition) is 1. The largest absolute Gasteiger partial charge is 0.496 e. The second-order valence-corrected chi connectivity index (χ2v) is 6.65. The Morgan fingerprint density at radius 1 is 1.12 bits per heavy atom. The maximum atomic E-state index is 12.8. The van der Waals surface area contributed by atoms with Crippen LogP contribution in [0, 0.1) is 0 Å². The summed E-state index contributed by atoms with van der Waals surface area (Å²) in [5.74, 6) is 1.35. The number of amides is 1. The summed E-state index contributed by atoms with van der Waals surface area (Å²) in [6, 6.07) is 12.9. The second kappa shape index (κ2) is 6.68. The molecule has 3 aromatic rings. The number of para-hydroxylation sites is 1. The molecule has 0 bridgehead atoms. The van der Waals surface area contributed by atoms with Gasteiger partial charge in [-0.05, 0) is 24.3 Å². The molecule has 1 aliphatic rings. The fraction of sp³-hybridized carbons (Fsp3) is 0.158. The summed E-state index contributed by atoms with van der Waals surface area (Å²) in [4.78, 5) is 18.4. The summed E-state index contributed by atoms with van der Waals surface area (Å²) in [6.07, 6.45) is 0. The molecule has 1 amide bonds. The van der Waals surface area contributed by atoms with Gasteiger partial charge in [-0.2, -0.15) is 0 Å². The fourth-order valence-electron chi connectivity index (χ4n) is 2.88. The molecule has 0 radical (unpaired) electrons. The lowest BCUT2D eigenvalue weighted by atomic mass is 10.1. The van der Waals surface area contributed by atoms with Gasteiger partial charge in [0.25, 0.3) is 5.91 Å². The third kappa shape index (κ3) is 2.76. The highest BCUT2D eigenvalue weighted by Crippen LogP contribution is 2.41. The van der Waals surface area contributed by atoms with Crippen molar-refractivity contribution in [3.05, 3.63) is 52.9 Å². The third-order valence-electron chi connectivity index (χ3n) is 4.07. The molecule has 0 saturated carbocycles. The number of carbonyl (C=O) groups is 1. The number of rotatable bonds is 4. The fourth-order valence-corrected chi connectivity index (χ4v) is 3.76. The van der Waals surface area contributed by atoms with E-state index in [-0.39, 0.29) is 5.91 Å². The first kappa shape index (κ1) is 16.4. The molecule has 26 heavy (non-hydrogen) atoms. The molecule has 1 aliphatic heterocycles. The highest BCUT2D eigenvalue weighted by molar-refractivity contribution is 7.16. The van der Waals surface area contributed by atoms with Crippen LogP contribution < -0.4 is 19.5 Å². The molecule has 4 rings (SSSR count). The van der Waals surface area contributed by atoms with Crippen molar-refractivity contribution < 1.29 is 19.0 Å². The van der Waals surface area contributed by atoms with Gasteiger partial charge in [0.1, 0.15) is 29.4 Å². The van der Waals surface area contributed by atoms with Gasteiger partial charge < -0.3 is 14.2 Å². The zero-order valence-electron chi connectivity index (χ0n) is 14.2. The normalized spacial score (nSPS) is 11.8. The van der Waals surface area contributed by atoms with Gasteiger partial charge in [-0.25, -0.2) is 4.98 Å². The predicted octanol–water partition coefficient (Wildman–Crippen LogP) is 3.97. The van der Waals surface area contributed by atoms with Crippen LogP contribution in [0.4, 0.5) is 5.13 Å². The molecule has 0 atom stereocenters. The highest BCUT2D eigenvalue weighted by atomic mass is 32.1. The molecule has 6 nitrogen and oxygen atoms in total. The molecule has 0 aliphatic carbocycles.